The molecule has 0 bridgehead atoms. The molecule has 0 atom stereocenters. The Kier molecular flexibility index (Phi) is 8.31. The Morgan fingerprint density at radius 3 is 1.97 bits per heavy atom. The van der Waals surface area contributed by atoms with Crippen LogP contribution < -0.4 is 19.5 Å². The van der Waals surface area contributed by atoms with Crippen molar-refractivity contribution in [1.29, 1.82) is 0 Å². The third kappa shape index (κ3) is 8.10. The fourth-order valence-electron chi connectivity index (χ4n) is 2.51. The highest BCUT2D eigenvalue weighted by molar-refractivity contribution is 5.71. The lowest BCUT2D eigenvalue weighted by molar-refractivity contribution is -0.144. The molecule has 3 aromatic carbocycles. The number of carbonyl (C=O) groups is 2. The summed E-state index contributed by atoms with van der Waals surface area (Å²) < 4.78 is 21.3. The van der Waals surface area contributed by atoms with E-state index in [1.54, 1.807) is 36.4 Å². The normalized spacial score (nSPS) is 10.1. The predicted molar refractivity (Wildman–Crippen MR) is 114 cm³/mol. The number of benzene rings is 3. The number of hydrogen-bond donors (Lipinski definition) is 1. The first-order chi connectivity index (χ1) is 15.2. The van der Waals surface area contributed by atoms with Crippen LogP contribution in [0.5, 0.6) is 23.0 Å². The molecule has 0 aliphatic heterocycles. The van der Waals surface area contributed by atoms with Crippen LogP contribution in [-0.2, 0) is 9.53 Å². The number of carbonyl (C=O) groups excluding carboxylic acids is 2. The van der Waals surface area contributed by atoms with Crippen LogP contribution in [0.25, 0.3) is 0 Å². The second-order valence-electron chi connectivity index (χ2n) is 6.38. The fourth-order valence-corrected chi connectivity index (χ4v) is 2.51. The van der Waals surface area contributed by atoms with Gasteiger partial charge < -0.3 is 18.9 Å². The van der Waals surface area contributed by atoms with Crippen molar-refractivity contribution < 1.29 is 28.5 Å². The molecule has 0 fully saturated rings. The first-order valence-electron chi connectivity index (χ1n) is 9.81. The molecule has 3 rings (SSSR count). The maximum Gasteiger partial charge on any atom is 0.415 e. The molecule has 0 heterocycles. The number of rotatable bonds is 10. The minimum absolute atomic E-state index is 0.171. The standard InChI is InChI=1S/C24H23NO6/c26-23(29-18-25-24(27)31-21-10-5-2-6-11-21)12-7-17-28-19-13-15-22(16-14-19)30-20-8-3-1-4-9-20/h1-6,8-11,13-16H,7,12,17-18H2,(H,25,27). The van der Waals surface area contributed by atoms with E-state index in [4.69, 9.17) is 18.9 Å². The quantitative estimate of drug-likeness (QED) is 0.284. The maximum atomic E-state index is 11.7. The summed E-state index contributed by atoms with van der Waals surface area (Å²) in [5, 5.41) is 2.35. The average Bonchev–Trinajstić information content (AvgIpc) is 2.79. The summed E-state index contributed by atoms with van der Waals surface area (Å²) >= 11 is 0. The van der Waals surface area contributed by atoms with Crippen molar-refractivity contribution in [2.45, 2.75) is 12.8 Å². The zero-order valence-electron chi connectivity index (χ0n) is 16.9. The van der Waals surface area contributed by atoms with E-state index >= 15 is 0 Å². The largest absolute Gasteiger partial charge is 0.494 e. The lowest BCUT2D eigenvalue weighted by Crippen LogP contribution is -2.30. The van der Waals surface area contributed by atoms with Gasteiger partial charge in [0, 0.05) is 6.42 Å². The summed E-state index contributed by atoms with van der Waals surface area (Å²) in [7, 11) is 0. The number of ether oxygens (including phenoxy) is 4. The van der Waals surface area contributed by atoms with Crippen molar-refractivity contribution in [1.82, 2.24) is 5.32 Å². The average molecular weight is 421 g/mol. The van der Waals surface area contributed by atoms with Gasteiger partial charge in [-0.1, -0.05) is 36.4 Å². The molecular weight excluding hydrogens is 398 g/mol. The van der Waals surface area contributed by atoms with Crippen molar-refractivity contribution >= 4 is 12.1 Å². The molecule has 3 aromatic rings. The van der Waals surface area contributed by atoms with Gasteiger partial charge in [-0.15, -0.1) is 0 Å². The molecule has 7 nitrogen and oxygen atoms in total. The number of nitrogens with one attached hydrogen (secondary N) is 1. The molecule has 0 saturated carbocycles. The molecule has 1 amide bonds. The summed E-state index contributed by atoms with van der Waals surface area (Å²) in [4.78, 5) is 23.3. The van der Waals surface area contributed by atoms with Crippen molar-refractivity contribution in [3.63, 3.8) is 0 Å². The van der Waals surface area contributed by atoms with Gasteiger partial charge in [0.05, 0.1) is 6.61 Å². The van der Waals surface area contributed by atoms with Crippen LogP contribution in [0.1, 0.15) is 12.8 Å². The highest BCUT2D eigenvalue weighted by Gasteiger charge is 2.07. The SMILES string of the molecule is O=C(CCCOc1ccc(Oc2ccccc2)cc1)OCNC(=O)Oc1ccccc1. The molecule has 1 N–H and O–H groups in total. The van der Waals surface area contributed by atoms with Crippen LogP contribution in [0.4, 0.5) is 4.79 Å². The van der Waals surface area contributed by atoms with Gasteiger partial charge in [-0.25, -0.2) is 4.79 Å². The van der Waals surface area contributed by atoms with Crippen molar-refractivity contribution in [3.8, 4) is 23.0 Å². The third-order valence-corrected chi connectivity index (χ3v) is 4.00. The maximum absolute atomic E-state index is 11.7. The Morgan fingerprint density at radius 2 is 1.29 bits per heavy atom. The van der Waals surface area contributed by atoms with Crippen LogP contribution in [0.15, 0.2) is 84.9 Å². The molecule has 0 unspecified atom stereocenters. The fraction of sp³-hybridized carbons (Fsp3) is 0.167. The van der Waals surface area contributed by atoms with E-state index in [1.165, 1.54) is 0 Å². The number of esters is 1. The molecule has 160 valence electrons. The van der Waals surface area contributed by atoms with E-state index in [9.17, 15) is 9.59 Å². The van der Waals surface area contributed by atoms with Crippen LogP contribution >= 0.6 is 0 Å². The van der Waals surface area contributed by atoms with Crippen molar-refractivity contribution in [2.75, 3.05) is 13.3 Å². The smallest absolute Gasteiger partial charge is 0.415 e. The van der Waals surface area contributed by atoms with Gasteiger partial charge >= 0.3 is 12.1 Å². The highest BCUT2D eigenvalue weighted by Crippen LogP contribution is 2.23. The molecule has 0 radical (unpaired) electrons. The highest BCUT2D eigenvalue weighted by atomic mass is 16.6. The second kappa shape index (κ2) is 11.9. The molecule has 7 heteroatoms. The Labute approximate surface area is 180 Å². The lowest BCUT2D eigenvalue weighted by atomic mass is 10.3. The third-order valence-electron chi connectivity index (χ3n) is 4.00. The van der Waals surface area contributed by atoms with Crippen LogP contribution in [0.3, 0.4) is 0 Å². The molecule has 0 spiro atoms. The zero-order chi connectivity index (χ0) is 21.7. The van der Waals surface area contributed by atoms with Crippen LogP contribution in [0, 0.1) is 0 Å². The first kappa shape index (κ1) is 21.7. The van der Waals surface area contributed by atoms with Crippen molar-refractivity contribution in [3.05, 3.63) is 84.9 Å². The first-order valence-corrected chi connectivity index (χ1v) is 9.81. The van der Waals surface area contributed by atoms with E-state index in [-0.39, 0.29) is 13.2 Å². The van der Waals surface area contributed by atoms with E-state index in [0.717, 1.165) is 5.75 Å². The molecular formula is C24H23NO6. The summed E-state index contributed by atoms with van der Waals surface area (Å²) in [6.07, 6.45) is -0.0396. The van der Waals surface area contributed by atoms with Gasteiger partial charge in [0.2, 0.25) is 0 Å². The summed E-state index contributed by atoms with van der Waals surface area (Å²) in [6, 6.07) is 25.3. The molecule has 0 aliphatic rings. The summed E-state index contributed by atoms with van der Waals surface area (Å²) in [5.41, 5.74) is 0. The van der Waals surface area contributed by atoms with Gasteiger partial charge in [-0.2, -0.15) is 0 Å². The lowest BCUT2D eigenvalue weighted by Gasteiger charge is -2.09. The van der Waals surface area contributed by atoms with E-state index in [0.29, 0.717) is 30.3 Å². The van der Waals surface area contributed by atoms with Gasteiger partial charge in [0.1, 0.15) is 23.0 Å². The Hall–Kier alpha value is -4.00. The molecule has 0 saturated heterocycles. The van der Waals surface area contributed by atoms with E-state index in [2.05, 4.69) is 5.32 Å². The van der Waals surface area contributed by atoms with Gasteiger partial charge in [0.15, 0.2) is 6.73 Å². The van der Waals surface area contributed by atoms with Crippen LogP contribution in [0.2, 0.25) is 0 Å². The topological polar surface area (TPSA) is 83.1 Å². The number of amides is 1. The Bertz CT molecular complexity index is 945. The minimum atomic E-state index is -0.693. The molecule has 0 aromatic heterocycles. The van der Waals surface area contributed by atoms with E-state index in [1.807, 2.05) is 48.5 Å². The Morgan fingerprint density at radius 1 is 0.710 bits per heavy atom. The monoisotopic (exact) mass is 421 g/mol. The van der Waals surface area contributed by atoms with E-state index < -0.39 is 12.1 Å². The summed E-state index contributed by atoms with van der Waals surface area (Å²) in [6.45, 7) is 0.103. The minimum Gasteiger partial charge on any atom is -0.494 e. The van der Waals surface area contributed by atoms with Crippen LogP contribution in [-0.4, -0.2) is 25.4 Å². The van der Waals surface area contributed by atoms with Gasteiger partial charge in [0.25, 0.3) is 0 Å². The molecule has 0 aliphatic carbocycles. The zero-order valence-corrected chi connectivity index (χ0v) is 16.9. The predicted octanol–water partition coefficient (Wildman–Crippen LogP) is 4.93. The van der Waals surface area contributed by atoms with Gasteiger partial charge in [-0.3, -0.25) is 10.1 Å². The van der Waals surface area contributed by atoms with Gasteiger partial charge in [-0.05, 0) is 55.0 Å². The second-order valence-corrected chi connectivity index (χ2v) is 6.38. The number of para-hydroxylation sites is 2. The number of hydrogen-bond acceptors (Lipinski definition) is 6. The van der Waals surface area contributed by atoms with Crippen molar-refractivity contribution in [2.24, 2.45) is 0 Å². The molecule has 31 heavy (non-hydrogen) atoms. The summed E-state index contributed by atoms with van der Waals surface area (Å²) in [5.74, 6) is 2.12. The Balaban J connectivity index is 1.26.